The molecule has 6 heteroatoms. The highest BCUT2D eigenvalue weighted by molar-refractivity contribution is 7.99. The molecule has 2 heterocycles. The lowest BCUT2D eigenvalue weighted by Crippen LogP contribution is -2.26. The fourth-order valence-electron chi connectivity index (χ4n) is 3.30. The van der Waals surface area contributed by atoms with Crippen molar-refractivity contribution in [1.82, 2.24) is 9.55 Å². The minimum absolute atomic E-state index is 0.0346. The van der Waals surface area contributed by atoms with E-state index in [1.54, 1.807) is 16.3 Å². The number of ether oxygens (including phenoxy) is 1. The molecule has 0 saturated carbocycles. The van der Waals surface area contributed by atoms with Crippen LogP contribution in [0, 0.1) is 0 Å². The lowest BCUT2D eigenvalue weighted by Gasteiger charge is -2.22. The second-order valence-electron chi connectivity index (χ2n) is 6.69. The Balaban J connectivity index is 1.71. The lowest BCUT2D eigenvalue weighted by molar-refractivity contribution is 0.0315. The summed E-state index contributed by atoms with van der Waals surface area (Å²) in [4.78, 5) is 17.9. The van der Waals surface area contributed by atoms with Crippen LogP contribution in [-0.4, -0.2) is 28.0 Å². The van der Waals surface area contributed by atoms with Crippen molar-refractivity contribution >= 4 is 34.3 Å². The molecule has 27 heavy (non-hydrogen) atoms. The Morgan fingerprint density at radius 3 is 2.78 bits per heavy atom. The normalized spacial score (nSPS) is 17.3. The molecule has 4 rings (SSSR count). The molecule has 3 aromatic rings. The molecule has 1 fully saturated rings. The van der Waals surface area contributed by atoms with Gasteiger partial charge in [-0.15, -0.1) is 0 Å². The molecule has 4 nitrogen and oxygen atoms in total. The highest BCUT2D eigenvalue weighted by atomic mass is 35.5. The molecule has 0 aliphatic carbocycles. The first kappa shape index (κ1) is 18.5. The second-order valence-corrected chi connectivity index (χ2v) is 8.09. The quantitative estimate of drug-likeness (QED) is 0.457. The average molecular weight is 401 g/mol. The number of hydrogen-bond acceptors (Lipinski definition) is 4. The maximum absolute atomic E-state index is 13.2. The Hall–Kier alpha value is -1.82. The van der Waals surface area contributed by atoms with Crippen LogP contribution in [0.4, 0.5) is 0 Å². The zero-order valence-electron chi connectivity index (χ0n) is 14.9. The average Bonchev–Trinajstić information content (AvgIpc) is 2.71. The van der Waals surface area contributed by atoms with E-state index >= 15 is 0 Å². The van der Waals surface area contributed by atoms with Gasteiger partial charge < -0.3 is 4.74 Å². The van der Waals surface area contributed by atoms with Crippen molar-refractivity contribution in [2.75, 3.05) is 12.4 Å². The second kappa shape index (κ2) is 8.46. The van der Waals surface area contributed by atoms with E-state index in [0.717, 1.165) is 36.3 Å². The largest absolute Gasteiger partial charge is 0.377 e. The van der Waals surface area contributed by atoms with Crippen LogP contribution in [0.15, 0.2) is 58.5 Å². The number of para-hydroxylation sites is 1. The number of thioether (sulfide) groups is 1. The first-order valence-electron chi connectivity index (χ1n) is 9.20. The first-order valence-corrected chi connectivity index (χ1v) is 10.6. The summed E-state index contributed by atoms with van der Waals surface area (Å²) in [5.74, 6) is 0.799. The minimum atomic E-state index is -0.0346. The van der Waals surface area contributed by atoms with Crippen LogP contribution in [0.3, 0.4) is 0 Å². The summed E-state index contributed by atoms with van der Waals surface area (Å²) in [7, 11) is 0. The summed E-state index contributed by atoms with van der Waals surface area (Å²) in [6, 6.07) is 15.1. The number of benzene rings is 2. The van der Waals surface area contributed by atoms with Gasteiger partial charge in [-0.05, 0) is 43.0 Å². The van der Waals surface area contributed by atoms with E-state index in [1.165, 1.54) is 6.42 Å². The summed E-state index contributed by atoms with van der Waals surface area (Å²) in [6.45, 7) is 1.23. The van der Waals surface area contributed by atoms with Gasteiger partial charge in [-0.25, -0.2) is 4.98 Å². The Morgan fingerprint density at radius 2 is 1.96 bits per heavy atom. The highest BCUT2D eigenvalue weighted by Crippen LogP contribution is 2.25. The van der Waals surface area contributed by atoms with Crippen LogP contribution in [0.1, 0.15) is 24.8 Å². The highest BCUT2D eigenvalue weighted by Gasteiger charge is 2.18. The van der Waals surface area contributed by atoms with Gasteiger partial charge in [0.25, 0.3) is 5.56 Å². The molecule has 1 saturated heterocycles. The number of nitrogens with zero attached hydrogens (tertiary/aromatic N) is 2. The van der Waals surface area contributed by atoms with Gasteiger partial charge in [0.1, 0.15) is 0 Å². The molecule has 0 radical (unpaired) electrons. The van der Waals surface area contributed by atoms with Crippen molar-refractivity contribution in [3.63, 3.8) is 0 Å². The van der Waals surface area contributed by atoms with Crippen LogP contribution in [0.2, 0.25) is 5.02 Å². The zero-order valence-corrected chi connectivity index (χ0v) is 16.5. The van der Waals surface area contributed by atoms with Crippen molar-refractivity contribution < 1.29 is 4.74 Å². The molecule has 0 unspecified atom stereocenters. The molecule has 1 aliphatic rings. The van der Waals surface area contributed by atoms with E-state index in [9.17, 15) is 4.79 Å². The fraction of sp³-hybridized carbons (Fsp3) is 0.333. The van der Waals surface area contributed by atoms with Gasteiger partial charge in [-0.3, -0.25) is 9.36 Å². The predicted octanol–water partition coefficient (Wildman–Crippen LogP) is 4.76. The molecule has 1 aromatic heterocycles. The van der Waals surface area contributed by atoms with Gasteiger partial charge in [-0.1, -0.05) is 53.7 Å². The third-order valence-corrected chi connectivity index (χ3v) is 6.26. The van der Waals surface area contributed by atoms with Crippen LogP contribution < -0.4 is 5.56 Å². The Morgan fingerprint density at radius 1 is 1.15 bits per heavy atom. The molecule has 1 atom stereocenters. The van der Waals surface area contributed by atoms with Crippen LogP contribution >= 0.6 is 23.4 Å². The summed E-state index contributed by atoms with van der Waals surface area (Å²) in [5.41, 5.74) is 1.60. The summed E-state index contributed by atoms with van der Waals surface area (Å²) >= 11 is 7.92. The Labute approximate surface area is 167 Å². The fourth-order valence-corrected chi connectivity index (χ4v) is 4.56. The molecular formula is C21H21ClN2O2S. The minimum Gasteiger partial charge on any atom is -0.377 e. The van der Waals surface area contributed by atoms with Crippen LogP contribution in [0.5, 0.6) is 0 Å². The smallest absolute Gasteiger partial charge is 0.262 e. The topological polar surface area (TPSA) is 44.1 Å². The van der Waals surface area contributed by atoms with E-state index in [2.05, 4.69) is 0 Å². The number of fused-ring (bicyclic) bond motifs is 1. The maximum Gasteiger partial charge on any atom is 0.262 e. The monoisotopic (exact) mass is 400 g/mol. The van der Waals surface area contributed by atoms with Crippen LogP contribution in [0.25, 0.3) is 10.9 Å². The van der Waals surface area contributed by atoms with Crippen LogP contribution in [-0.2, 0) is 11.3 Å². The molecule has 0 amide bonds. The van der Waals surface area contributed by atoms with Gasteiger partial charge in [-0.2, -0.15) is 0 Å². The third-order valence-electron chi connectivity index (χ3n) is 4.79. The van der Waals surface area contributed by atoms with E-state index in [0.29, 0.717) is 22.1 Å². The molecule has 1 aliphatic heterocycles. The molecule has 0 bridgehead atoms. The summed E-state index contributed by atoms with van der Waals surface area (Å²) in [6.07, 6.45) is 3.62. The Bertz CT molecular complexity index is 999. The standard InChI is InChI=1S/C21H21ClN2O2S/c22-18-10-3-1-7-15(18)13-24-20(25)17-9-2-4-11-19(17)23-21(24)27-14-16-8-5-6-12-26-16/h1-4,7,9-11,16H,5-6,8,12-14H2/t16-/m1/s1. The van der Waals surface area contributed by atoms with Crippen molar-refractivity contribution in [1.29, 1.82) is 0 Å². The van der Waals surface area contributed by atoms with Crippen molar-refractivity contribution in [3.8, 4) is 0 Å². The first-order chi connectivity index (χ1) is 13.2. The zero-order chi connectivity index (χ0) is 18.6. The molecule has 0 spiro atoms. The van der Waals surface area contributed by atoms with Gasteiger partial charge in [0.2, 0.25) is 0 Å². The lowest BCUT2D eigenvalue weighted by atomic mass is 10.1. The molecule has 140 valence electrons. The number of aromatic nitrogens is 2. The van der Waals surface area contributed by atoms with E-state index in [1.807, 2.05) is 48.5 Å². The molecular weight excluding hydrogens is 380 g/mol. The van der Waals surface area contributed by atoms with Gasteiger partial charge in [0.15, 0.2) is 5.16 Å². The Kier molecular flexibility index (Phi) is 5.81. The van der Waals surface area contributed by atoms with E-state index < -0.39 is 0 Å². The number of rotatable bonds is 5. The van der Waals surface area contributed by atoms with Gasteiger partial charge >= 0.3 is 0 Å². The molecule has 0 N–H and O–H groups in total. The van der Waals surface area contributed by atoms with Crippen molar-refractivity contribution in [3.05, 3.63) is 69.5 Å². The van der Waals surface area contributed by atoms with Gasteiger partial charge in [0.05, 0.1) is 23.6 Å². The maximum atomic E-state index is 13.2. The number of hydrogen-bond donors (Lipinski definition) is 0. The van der Waals surface area contributed by atoms with E-state index in [-0.39, 0.29) is 11.7 Å². The third kappa shape index (κ3) is 4.21. The van der Waals surface area contributed by atoms with Crippen molar-refractivity contribution in [2.45, 2.75) is 37.1 Å². The summed E-state index contributed by atoms with van der Waals surface area (Å²) in [5, 5.41) is 2.00. The number of halogens is 1. The molecule has 2 aromatic carbocycles. The summed E-state index contributed by atoms with van der Waals surface area (Å²) < 4.78 is 7.57. The van der Waals surface area contributed by atoms with Gasteiger partial charge in [0, 0.05) is 17.4 Å². The predicted molar refractivity (Wildman–Crippen MR) is 111 cm³/mol. The van der Waals surface area contributed by atoms with Crippen molar-refractivity contribution in [2.24, 2.45) is 0 Å². The van der Waals surface area contributed by atoms with E-state index in [4.69, 9.17) is 21.3 Å². The SMILES string of the molecule is O=c1c2ccccc2nc(SC[C@H]2CCCCO2)n1Cc1ccccc1Cl.